The first-order valence-corrected chi connectivity index (χ1v) is 8.04. The first-order chi connectivity index (χ1) is 10.7. The summed E-state index contributed by atoms with van der Waals surface area (Å²) in [5.41, 5.74) is 0. The van der Waals surface area contributed by atoms with E-state index in [0.717, 1.165) is 12.8 Å². The molecule has 1 saturated heterocycles. The van der Waals surface area contributed by atoms with E-state index in [4.69, 9.17) is 4.74 Å². The average molecular weight is 302 g/mol. The maximum atomic E-state index is 12.4. The van der Waals surface area contributed by atoms with E-state index in [1.165, 1.54) is 12.8 Å². The second-order valence-corrected chi connectivity index (χ2v) is 5.97. The standard InChI is InChI=1S/C17H22N2O3/c20-16(14-6-4-5-7-14)18-10-12-19(13-11-18)17(21)22-15-8-2-1-3-9-15/h1-3,8-9,14H,4-7,10-13H2. The summed E-state index contributed by atoms with van der Waals surface area (Å²) >= 11 is 0. The SMILES string of the molecule is O=C(Oc1ccccc1)N1CCN(C(=O)C2CCCC2)CC1. The molecule has 118 valence electrons. The van der Waals surface area contributed by atoms with Gasteiger partial charge in [-0.15, -0.1) is 0 Å². The number of benzene rings is 1. The molecule has 5 heteroatoms. The number of rotatable bonds is 2. The quantitative estimate of drug-likeness (QED) is 0.843. The van der Waals surface area contributed by atoms with E-state index in [1.54, 1.807) is 17.0 Å². The number of amides is 2. The van der Waals surface area contributed by atoms with Gasteiger partial charge in [0.1, 0.15) is 5.75 Å². The number of nitrogens with zero attached hydrogens (tertiary/aromatic N) is 2. The summed E-state index contributed by atoms with van der Waals surface area (Å²) in [4.78, 5) is 28.0. The third kappa shape index (κ3) is 3.40. The van der Waals surface area contributed by atoms with Gasteiger partial charge < -0.3 is 14.5 Å². The highest BCUT2D eigenvalue weighted by Gasteiger charge is 2.30. The Morgan fingerprint density at radius 3 is 2.14 bits per heavy atom. The third-order valence-electron chi connectivity index (χ3n) is 4.50. The summed E-state index contributed by atoms with van der Waals surface area (Å²) in [6, 6.07) is 9.07. The number of ether oxygens (including phenoxy) is 1. The highest BCUT2D eigenvalue weighted by molar-refractivity contribution is 5.79. The smallest absolute Gasteiger partial charge is 0.410 e. The molecule has 2 fully saturated rings. The minimum atomic E-state index is -0.334. The van der Waals surface area contributed by atoms with E-state index < -0.39 is 0 Å². The van der Waals surface area contributed by atoms with Crippen molar-refractivity contribution in [2.75, 3.05) is 26.2 Å². The molecular formula is C17H22N2O3. The maximum absolute atomic E-state index is 12.4. The molecule has 0 atom stereocenters. The lowest BCUT2D eigenvalue weighted by molar-refractivity contribution is -0.136. The number of para-hydroxylation sites is 1. The van der Waals surface area contributed by atoms with Crippen molar-refractivity contribution in [2.45, 2.75) is 25.7 Å². The van der Waals surface area contributed by atoms with Gasteiger partial charge >= 0.3 is 6.09 Å². The molecule has 3 rings (SSSR count). The zero-order valence-corrected chi connectivity index (χ0v) is 12.7. The molecule has 0 bridgehead atoms. The molecule has 1 aliphatic heterocycles. The van der Waals surface area contributed by atoms with E-state index in [0.29, 0.717) is 31.9 Å². The molecule has 1 aliphatic carbocycles. The van der Waals surface area contributed by atoms with Crippen molar-refractivity contribution >= 4 is 12.0 Å². The van der Waals surface area contributed by atoms with E-state index >= 15 is 0 Å². The summed E-state index contributed by atoms with van der Waals surface area (Å²) in [5.74, 6) is 1.04. The van der Waals surface area contributed by atoms with Crippen LogP contribution in [0.2, 0.25) is 0 Å². The van der Waals surface area contributed by atoms with Crippen LogP contribution in [0.4, 0.5) is 4.79 Å². The number of hydrogen-bond acceptors (Lipinski definition) is 3. The van der Waals surface area contributed by atoms with Crippen LogP contribution in [0.15, 0.2) is 30.3 Å². The molecule has 0 N–H and O–H groups in total. The highest BCUT2D eigenvalue weighted by atomic mass is 16.6. The van der Waals surface area contributed by atoms with Crippen molar-refractivity contribution in [1.29, 1.82) is 0 Å². The fraction of sp³-hybridized carbons (Fsp3) is 0.529. The molecule has 2 amide bonds. The van der Waals surface area contributed by atoms with Crippen LogP contribution >= 0.6 is 0 Å². The Labute approximate surface area is 130 Å². The third-order valence-corrected chi connectivity index (χ3v) is 4.50. The zero-order valence-electron chi connectivity index (χ0n) is 12.7. The zero-order chi connectivity index (χ0) is 15.4. The Kier molecular flexibility index (Phi) is 4.61. The number of carbonyl (C=O) groups excluding carboxylic acids is 2. The monoisotopic (exact) mass is 302 g/mol. The number of piperazine rings is 1. The number of hydrogen-bond donors (Lipinski definition) is 0. The van der Waals surface area contributed by atoms with Crippen LogP contribution in [-0.2, 0) is 4.79 Å². The number of carbonyl (C=O) groups is 2. The van der Waals surface area contributed by atoms with Crippen LogP contribution in [0.1, 0.15) is 25.7 Å². The average Bonchev–Trinajstić information content (AvgIpc) is 3.10. The predicted molar refractivity (Wildman–Crippen MR) is 82.6 cm³/mol. The van der Waals surface area contributed by atoms with Crippen molar-refractivity contribution in [3.63, 3.8) is 0 Å². The normalized spacial score (nSPS) is 19.3. The molecule has 5 nitrogen and oxygen atoms in total. The van der Waals surface area contributed by atoms with Gasteiger partial charge in [-0.3, -0.25) is 4.79 Å². The molecule has 0 unspecified atom stereocenters. The van der Waals surface area contributed by atoms with E-state index in [9.17, 15) is 9.59 Å². The Morgan fingerprint density at radius 1 is 0.909 bits per heavy atom. The van der Waals surface area contributed by atoms with Gasteiger partial charge in [0.2, 0.25) is 5.91 Å². The van der Waals surface area contributed by atoms with Gasteiger partial charge in [0.15, 0.2) is 0 Å². The lowest BCUT2D eigenvalue weighted by atomic mass is 10.1. The van der Waals surface area contributed by atoms with Crippen LogP contribution in [0.25, 0.3) is 0 Å². The minimum absolute atomic E-state index is 0.211. The van der Waals surface area contributed by atoms with Gasteiger partial charge in [-0.05, 0) is 25.0 Å². The van der Waals surface area contributed by atoms with Crippen molar-refractivity contribution in [3.05, 3.63) is 30.3 Å². The van der Waals surface area contributed by atoms with Gasteiger partial charge in [-0.1, -0.05) is 31.0 Å². The summed E-state index contributed by atoms with van der Waals surface area (Å²) in [6.07, 6.45) is 4.04. The second kappa shape index (κ2) is 6.81. The van der Waals surface area contributed by atoms with Crippen LogP contribution < -0.4 is 4.74 Å². The Bertz CT molecular complexity index is 518. The fourth-order valence-corrected chi connectivity index (χ4v) is 3.19. The van der Waals surface area contributed by atoms with E-state index in [1.807, 2.05) is 23.1 Å². The lowest BCUT2D eigenvalue weighted by Gasteiger charge is -2.35. The highest BCUT2D eigenvalue weighted by Crippen LogP contribution is 2.27. The van der Waals surface area contributed by atoms with Crippen LogP contribution in [-0.4, -0.2) is 48.0 Å². The molecule has 1 aromatic carbocycles. The Morgan fingerprint density at radius 2 is 1.50 bits per heavy atom. The first-order valence-electron chi connectivity index (χ1n) is 8.04. The van der Waals surface area contributed by atoms with Gasteiger partial charge in [-0.2, -0.15) is 0 Å². The van der Waals surface area contributed by atoms with Crippen LogP contribution in [0, 0.1) is 5.92 Å². The molecule has 1 saturated carbocycles. The van der Waals surface area contributed by atoms with Crippen molar-refractivity contribution in [1.82, 2.24) is 9.80 Å². The summed E-state index contributed by atoms with van der Waals surface area (Å²) in [6.45, 7) is 2.31. The molecule has 0 aromatic heterocycles. The fourth-order valence-electron chi connectivity index (χ4n) is 3.19. The van der Waals surface area contributed by atoms with Gasteiger partial charge in [-0.25, -0.2) is 4.79 Å². The molecule has 22 heavy (non-hydrogen) atoms. The topological polar surface area (TPSA) is 49.9 Å². The largest absolute Gasteiger partial charge is 0.415 e. The summed E-state index contributed by atoms with van der Waals surface area (Å²) in [7, 11) is 0. The van der Waals surface area contributed by atoms with Gasteiger partial charge in [0.25, 0.3) is 0 Å². The van der Waals surface area contributed by atoms with Crippen molar-refractivity contribution < 1.29 is 14.3 Å². The Balaban J connectivity index is 1.48. The maximum Gasteiger partial charge on any atom is 0.415 e. The summed E-state index contributed by atoms with van der Waals surface area (Å²) < 4.78 is 5.33. The minimum Gasteiger partial charge on any atom is -0.410 e. The first kappa shape index (κ1) is 14.9. The predicted octanol–water partition coefficient (Wildman–Crippen LogP) is 2.52. The molecule has 1 heterocycles. The Hall–Kier alpha value is -2.04. The lowest BCUT2D eigenvalue weighted by Crippen LogP contribution is -2.52. The van der Waals surface area contributed by atoms with Crippen molar-refractivity contribution in [2.24, 2.45) is 5.92 Å². The van der Waals surface area contributed by atoms with Crippen LogP contribution in [0.3, 0.4) is 0 Å². The van der Waals surface area contributed by atoms with E-state index in [2.05, 4.69) is 0 Å². The van der Waals surface area contributed by atoms with Gasteiger partial charge in [0.05, 0.1) is 0 Å². The molecular weight excluding hydrogens is 280 g/mol. The molecule has 1 aromatic rings. The summed E-state index contributed by atoms with van der Waals surface area (Å²) in [5, 5.41) is 0. The molecule has 0 radical (unpaired) electrons. The second-order valence-electron chi connectivity index (χ2n) is 5.97. The van der Waals surface area contributed by atoms with E-state index in [-0.39, 0.29) is 17.9 Å². The molecule has 0 spiro atoms. The van der Waals surface area contributed by atoms with Crippen LogP contribution in [0.5, 0.6) is 5.75 Å². The van der Waals surface area contributed by atoms with Gasteiger partial charge in [0, 0.05) is 32.1 Å². The molecule has 2 aliphatic rings. The van der Waals surface area contributed by atoms with Crippen molar-refractivity contribution in [3.8, 4) is 5.75 Å².